The van der Waals surface area contributed by atoms with Crippen molar-refractivity contribution >= 4 is 37.3 Å². The van der Waals surface area contributed by atoms with Crippen molar-refractivity contribution in [2.24, 2.45) is 5.14 Å². The van der Waals surface area contributed by atoms with Gasteiger partial charge in [0.05, 0.1) is 5.69 Å². The molecule has 0 saturated heterocycles. The van der Waals surface area contributed by atoms with Crippen LogP contribution in [0.15, 0.2) is 27.6 Å². The minimum atomic E-state index is -3.84. The molecule has 0 radical (unpaired) electrons. The van der Waals surface area contributed by atoms with Gasteiger partial charge >= 0.3 is 0 Å². The lowest BCUT2D eigenvalue weighted by Gasteiger charge is -2.09. The summed E-state index contributed by atoms with van der Waals surface area (Å²) in [4.78, 5) is 5.41. The first kappa shape index (κ1) is 15.4. The fourth-order valence-electron chi connectivity index (χ4n) is 1.56. The molecule has 0 aliphatic heterocycles. The van der Waals surface area contributed by atoms with Crippen molar-refractivity contribution < 1.29 is 13.2 Å². The van der Waals surface area contributed by atoms with Gasteiger partial charge in [0.1, 0.15) is 22.3 Å². The van der Waals surface area contributed by atoms with E-state index in [2.05, 4.69) is 20.9 Å². The zero-order valence-electron chi connectivity index (χ0n) is 10.9. The molecule has 1 aromatic carbocycles. The first-order valence-corrected chi connectivity index (χ1v) is 8.81. The summed E-state index contributed by atoms with van der Waals surface area (Å²) < 4.78 is 29.2. The predicted octanol–water partition coefficient (Wildman–Crippen LogP) is 2.75. The first-order chi connectivity index (χ1) is 9.27. The van der Waals surface area contributed by atoms with Crippen molar-refractivity contribution in [2.45, 2.75) is 25.3 Å². The van der Waals surface area contributed by atoms with Crippen LogP contribution in [-0.4, -0.2) is 13.4 Å². The monoisotopic (exact) mass is 376 g/mol. The Labute approximate surface area is 130 Å². The van der Waals surface area contributed by atoms with E-state index < -0.39 is 10.0 Å². The number of primary sulfonamides is 1. The Morgan fingerprint density at radius 2 is 2.10 bits per heavy atom. The molecule has 20 heavy (non-hydrogen) atoms. The van der Waals surface area contributed by atoms with E-state index in [0.29, 0.717) is 4.47 Å². The fourth-order valence-corrected chi connectivity index (χ4v) is 3.62. The van der Waals surface area contributed by atoms with Crippen LogP contribution in [0, 0.1) is 13.8 Å². The number of aryl methyl sites for hydroxylation is 2. The average molecular weight is 377 g/mol. The maximum Gasteiger partial charge on any atom is 0.241 e. The van der Waals surface area contributed by atoms with E-state index in [1.807, 2.05) is 13.8 Å². The molecule has 1 heterocycles. The summed E-state index contributed by atoms with van der Waals surface area (Å²) in [7, 11) is -3.84. The number of sulfonamides is 1. The Hall–Kier alpha value is -0.960. The highest BCUT2D eigenvalue weighted by Crippen LogP contribution is 2.28. The van der Waals surface area contributed by atoms with E-state index in [4.69, 9.17) is 9.88 Å². The SMILES string of the molecule is Cc1nc(COc2ccc(Br)cc2S(N)(=O)=O)sc1C. The van der Waals surface area contributed by atoms with Crippen molar-refractivity contribution in [1.29, 1.82) is 0 Å². The molecule has 0 atom stereocenters. The number of hydrogen-bond donors (Lipinski definition) is 1. The van der Waals surface area contributed by atoms with Crippen molar-refractivity contribution in [3.63, 3.8) is 0 Å². The summed E-state index contributed by atoms with van der Waals surface area (Å²) >= 11 is 4.74. The van der Waals surface area contributed by atoms with Gasteiger partial charge in [0.25, 0.3) is 0 Å². The molecule has 108 valence electrons. The summed E-state index contributed by atoms with van der Waals surface area (Å²) in [5, 5.41) is 5.98. The van der Waals surface area contributed by atoms with Crippen LogP contribution >= 0.6 is 27.3 Å². The number of ether oxygens (including phenoxy) is 1. The van der Waals surface area contributed by atoms with E-state index in [0.717, 1.165) is 15.6 Å². The Kier molecular flexibility index (Phi) is 4.48. The van der Waals surface area contributed by atoms with Crippen molar-refractivity contribution in [2.75, 3.05) is 0 Å². The highest BCUT2D eigenvalue weighted by Gasteiger charge is 2.16. The predicted molar refractivity (Wildman–Crippen MR) is 81.4 cm³/mol. The molecule has 0 bridgehead atoms. The topological polar surface area (TPSA) is 82.3 Å². The Balaban J connectivity index is 2.26. The normalized spacial score (nSPS) is 11.6. The zero-order valence-corrected chi connectivity index (χ0v) is 14.1. The van der Waals surface area contributed by atoms with Crippen LogP contribution in [0.4, 0.5) is 0 Å². The van der Waals surface area contributed by atoms with Crippen LogP contribution in [0.1, 0.15) is 15.6 Å². The van der Waals surface area contributed by atoms with Crippen LogP contribution in [0.25, 0.3) is 0 Å². The van der Waals surface area contributed by atoms with Gasteiger partial charge in [-0.1, -0.05) is 15.9 Å². The molecular weight excluding hydrogens is 364 g/mol. The summed E-state index contributed by atoms with van der Waals surface area (Å²) in [6.07, 6.45) is 0. The Morgan fingerprint density at radius 1 is 1.40 bits per heavy atom. The van der Waals surface area contributed by atoms with Crippen molar-refractivity contribution in [1.82, 2.24) is 4.98 Å². The number of halogens is 1. The summed E-state index contributed by atoms with van der Waals surface area (Å²) in [6.45, 7) is 4.11. The lowest BCUT2D eigenvalue weighted by Crippen LogP contribution is -2.14. The summed E-state index contributed by atoms with van der Waals surface area (Å²) in [6, 6.07) is 4.68. The third-order valence-corrected chi connectivity index (χ3v) is 5.11. The molecule has 0 spiro atoms. The lowest BCUT2D eigenvalue weighted by atomic mass is 10.3. The third-order valence-electron chi connectivity index (χ3n) is 2.64. The van der Waals surface area contributed by atoms with Gasteiger partial charge in [0.15, 0.2) is 0 Å². The fraction of sp³-hybridized carbons (Fsp3) is 0.250. The molecule has 1 aromatic heterocycles. The van der Waals surface area contributed by atoms with E-state index in [-0.39, 0.29) is 17.3 Å². The van der Waals surface area contributed by atoms with Gasteiger partial charge in [0, 0.05) is 9.35 Å². The minimum absolute atomic E-state index is 0.0446. The molecule has 0 saturated carbocycles. The van der Waals surface area contributed by atoms with Gasteiger partial charge in [-0.2, -0.15) is 0 Å². The zero-order chi connectivity index (χ0) is 14.9. The van der Waals surface area contributed by atoms with Gasteiger partial charge in [-0.3, -0.25) is 0 Å². The number of thiazole rings is 1. The maximum absolute atomic E-state index is 11.5. The molecule has 2 aromatic rings. The quantitative estimate of drug-likeness (QED) is 0.888. The van der Waals surface area contributed by atoms with Crippen LogP contribution in [0.3, 0.4) is 0 Å². The van der Waals surface area contributed by atoms with E-state index in [1.54, 1.807) is 12.1 Å². The number of rotatable bonds is 4. The van der Waals surface area contributed by atoms with E-state index in [9.17, 15) is 8.42 Å². The Morgan fingerprint density at radius 3 is 2.65 bits per heavy atom. The molecule has 8 heteroatoms. The van der Waals surface area contributed by atoms with E-state index in [1.165, 1.54) is 17.4 Å². The number of aromatic nitrogens is 1. The average Bonchev–Trinajstić information content (AvgIpc) is 2.66. The van der Waals surface area contributed by atoms with E-state index >= 15 is 0 Å². The maximum atomic E-state index is 11.5. The molecule has 0 fully saturated rings. The second kappa shape index (κ2) is 5.80. The number of nitrogens with zero attached hydrogens (tertiary/aromatic N) is 1. The van der Waals surface area contributed by atoms with Gasteiger partial charge in [-0.25, -0.2) is 18.5 Å². The van der Waals surface area contributed by atoms with Crippen LogP contribution in [0.5, 0.6) is 5.75 Å². The molecule has 0 amide bonds. The van der Waals surface area contributed by atoms with Crippen molar-refractivity contribution in [3.8, 4) is 5.75 Å². The summed E-state index contributed by atoms with van der Waals surface area (Å²) in [5.74, 6) is 0.223. The standard InChI is InChI=1S/C12H13BrN2O3S2/c1-7-8(2)19-12(15-7)6-18-10-4-3-9(13)5-11(10)20(14,16)17/h3-5H,6H2,1-2H3,(H2,14,16,17). The third kappa shape index (κ3) is 3.57. The summed E-state index contributed by atoms with van der Waals surface area (Å²) in [5.41, 5.74) is 0.955. The smallest absolute Gasteiger partial charge is 0.241 e. The van der Waals surface area contributed by atoms with Crippen molar-refractivity contribution in [3.05, 3.63) is 38.3 Å². The van der Waals surface area contributed by atoms with Gasteiger partial charge in [-0.15, -0.1) is 11.3 Å². The second-order valence-corrected chi connectivity index (χ2v) is 7.91. The van der Waals surface area contributed by atoms with Crippen LogP contribution in [-0.2, 0) is 16.6 Å². The largest absolute Gasteiger partial charge is 0.485 e. The van der Waals surface area contributed by atoms with Gasteiger partial charge in [0.2, 0.25) is 10.0 Å². The molecule has 2 rings (SSSR count). The van der Waals surface area contributed by atoms with Gasteiger partial charge in [-0.05, 0) is 32.0 Å². The molecule has 5 nitrogen and oxygen atoms in total. The lowest BCUT2D eigenvalue weighted by molar-refractivity contribution is 0.297. The number of nitrogens with two attached hydrogens (primary N) is 1. The number of benzene rings is 1. The highest BCUT2D eigenvalue weighted by molar-refractivity contribution is 9.10. The molecule has 2 N–H and O–H groups in total. The number of hydrogen-bond acceptors (Lipinski definition) is 5. The molecule has 0 aliphatic carbocycles. The highest BCUT2D eigenvalue weighted by atomic mass is 79.9. The Bertz CT molecular complexity index is 722. The molecule has 0 aliphatic rings. The molecular formula is C12H13BrN2O3S2. The molecule has 0 unspecified atom stereocenters. The minimum Gasteiger partial charge on any atom is -0.485 e. The first-order valence-electron chi connectivity index (χ1n) is 5.65. The van der Waals surface area contributed by atoms with Crippen LogP contribution in [0.2, 0.25) is 0 Å². The second-order valence-electron chi connectivity index (χ2n) is 4.17. The van der Waals surface area contributed by atoms with Crippen LogP contribution < -0.4 is 9.88 Å². The van der Waals surface area contributed by atoms with Gasteiger partial charge < -0.3 is 4.74 Å².